The van der Waals surface area contributed by atoms with Gasteiger partial charge in [0.2, 0.25) is 17.7 Å². The lowest BCUT2D eigenvalue weighted by atomic mass is 9.92. The normalized spacial score (nSPS) is 12.8. The second kappa shape index (κ2) is 13.3. The molecule has 4 N–H and O–H groups in total. The van der Waals surface area contributed by atoms with E-state index in [-0.39, 0.29) is 30.9 Å². The second-order valence-electron chi connectivity index (χ2n) is 8.72. The summed E-state index contributed by atoms with van der Waals surface area (Å²) in [7, 11) is 0. The molecule has 0 aliphatic rings. The summed E-state index contributed by atoms with van der Waals surface area (Å²) < 4.78 is 4.86. The first-order chi connectivity index (χ1) is 15.0. The molecule has 4 amide bonds. The van der Waals surface area contributed by atoms with Gasteiger partial charge in [-0.1, -0.05) is 51.1 Å². The highest BCUT2D eigenvalue weighted by Gasteiger charge is 2.23. The number of carbonyl (C=O) groups is 4. The molecule has 0 aliphatic carbocycles. The Kier molecular flexibility index (Phi) is 11.2. The first kappa shape index (κ1) is 26.9. The van der Waals surface area contributed by atoms with Crippen LogP contribution in [0.25, 0.3) is 0 Å². The van der Waals surface area contributed by atoms with Crippen LogP contribution in [0.3, 0.4) is 0 Å². The van der Waals surface area contributed by atoms with Crippen molar-refractivity contribution >= 4 is 23.8 Å². The van der Waals surface area contributed by atoms with E-state index in [0.29, 0.717) is 6.54 Å². The third kappa shape index (κ3) is 11.3. The highest BCUT2D eigenvalue weighted by molar-refractivity contribution is 5.91. The molecule has 0 spiro atoms. The van der Waals surface area contributed by atoms with Gasteiger partial charge in [0.1, 0.15) is 12.1 Å². The number of rotatable bonds is 11. The Morgan fingerprint density at radius 1 is 0.969 bits per heavy atom. The zero-order valence-corrected chi connectivity index (χ0v) is 19.6. The van der Waals surface area contributed by atoms with Gasteiger partial charge in [-0.15, -0.1) is 0 Å². The third-order valence-electron chi connectivity index (χ3n) is 4.53. The van der Waals surface area contributed by atoms with Gasteiger partial charge in [-0.05, 0) is 31.2 Å². The fourth-order valence-corrected chi connectivity index (χ4v) is 2.74. The number of hydrogen-bond acceptors (Lipinski definition) is 5. The largest absolute Gasteiger partial charge is 0.450 e. The van der Waals surface area contributed by atoms with Gasteiger partial charge in [0, 0.05) is 13.0 Å². The molecular formula is C23H36N4O5. The van der Waals surface area contributed by atoms with E-state index in [1.807, 2.05) is 30.3 Å². The number of alkyl carbamates (subject to hydrolysis) is 1. The topological polar surface area (TPSA) is 126 Å². The molecule has 0 saturated carbocycles. The zero-order chi connectivity index (χ0) is 24.1. The van der Waals surface area contributed by atoms with Crippen molar-refractivity contribution in [3.8, 4) is 0 Å². The molecule has 178 valence electrons. The van der Waals surface area contributed by atoms with Crippen LogP contribution in [0, 0.1) is 5.41 Å². The number of benzene rings is 1. The Bertz CT molecular complexity index is 761. The van der Waals surface area contributed by atoms with E-state index in [9.17, 15) is 19.2 Å². The van der Waals surface area contributed by atoms with Crippen molar-refractivity contribution in [2.45, 2.75) is 59.5 Å². The van der Waals surface area contributed by atoms with Crippen LogP contribution in [0.15, 0.2) is 30.3 Å². The lowest BCUT2D eigenvalue weighted by molar-refractivity contribution is -0.129. The smallest absolute Gasteiger partial charge is 0.407 e. The summed E-state index contributed by atoms with van der Waals surface area (Å²) in [5, 5.41) is 10.4. The molecule has 0 saturated heterocycles. The fraction of sp³-hybridized carbons (Fsp3) is 0.565. The van der Waals surface area contributed by atoms with Gasteiger partial charge in [-0.2, -0.15) is 0 Å². The van der Waals surface area contributed by atoms with Crippen LogP contribution in [0.2, 0.25) is 0 Å². The van der Waals surface area contributed by atoms with Crippen molar-refractivity contribution in [1.82, 2.24) is 21.3 Å². The van der Waals surface area contributed by atoms with E-state index >= 15 is 0 Å². The van der Waals surface area contributed by atoms with Crippen LogP contribution >= 0.6 is 0 Å². The number of hydrogen-bond donors (Lipinski definition) is 4. The summed E-state index contributed by atoms with van der Waals surface area (Å²) in [5.74, 6) is -1.33. The van der Waals surface area contributed by atoms with Gasteiger partial charge in [0.05, 0.1) is 13.2 Å². The highest BCUT2D eigenvalue weighted by atomic mass is 16.5. The predicted octanol–water partition coefficient (Wildman–Crippen LogP) is 1.52. The molecule has 2 atom stereocenters. The molecule has 0 aromatic heterocycles. The summed E-state index contributed by atoms with van der Waals surface area (Å²) in [4.78, 5) is 48.7. The predicted molar refractivity (Wildman–Crippen MR) is 122 cm³/mol. The Morgan fingerprint density at radius 2 is 1.62 bits per heavy atom. The minimum atomic E-state index is -0.914. The number of carbonyl (C=O) groups excluding carboxylic acids is 4. The van der Waals surface area contributed by atoms with Crippen molar-refractivity contribution in [3.05, 3.63) is 35.9 Å². The average Bonchev–Trinajstić information content (AvgIpc) is 2.71. The molecular weight excluding hydrogens is 412 g/mol. The standard InChI is InChI=1S/C23H36N4O5/c1-6-32-22(31)27-18(14-17-10-8-7-9-11-17)21(30)25-15-19(28)26-16(2)20(29)24-13-12-23(3,4)5/h7-11,16,18H,6,12-15H2,1-5H3,(H,24,29)(H,25,30)(H,26,28)(H,27,31)/t16-,18-/m0/s1. The molecule has 1 rings (SSSR count). The number of ether oxygens (including phenoxy) is 1. The number of amides is 4. The van der Waals surface area contributed by atoms with Gasteiger partial charge in [0.15, 0.2) is 0 Å². The second-order valence-corrected chi connectivity index (χ2v) is 8.72. The third-order valence-corrected chi connectivity index (χ3v) is 4.53. The molecule has 0 unspecified atom stereocenters. The van der Waals surface area contributed by atoms with Gasteiger partial charge in [-0.25, -0.2) is 4.79 Å². The Morgan fingerprint density at radius 3 is 2.22 bits per heavy atom. The van der Waals surface area contributed by atoms with Crippen LogP contribution in [0.5, 0.6) is 0 Å². The summed E-state index contributed by atoms with van der Waals surface area (Å²) in [6, 6.07) is 7.52. The molecule has 32 heavy (non-hydrogen) atoms. The van der Waals surface area contributed by atoms with Crippen molar-refractivity contribution in [1.29, 1.82) is 0 Å². The SMILES string of the molecule is CCOC(=O)N[C@@H](Cc1ccccc1)C(=O)NCC(=O)N[C@@H](C)C(=O)NCCC(C)(C)C. The van der Waals surface area contributed by atoms with E-state index in [1.165, 1.54) is 0 Å². The first-order valence-corrected chi connectivity index (χ1v) is 10.8. The molecule has 9 heteroatoms. The summed E-state index contributed by atoms with van der Waals surface area (Å²) in [6.07, 6.45) is 0.333. The summed E-state index contributed by atoms with van der Waals surface area (Å²) in [5.41, 5.74) is 0.937. The van der Waals surface area contributed by atoms with Crippen molar-refractivity contribution in [3.63, 3.8) is 0 Å². The lowest BCUT2D eigenvalue weighted by Gasteiger charge is -2.20. The molecule has 0 heterocycles. The Labute approximate surface area is 190 Å². The maximum absolute atomic E-state index is 12.6. The monoisotopic (exact) mass is 448 g/mol. The van der Waals surface area contributed by atoms with E-state index in [0.717, 1.165) is 12.0 Å². The summed E-state index contributed by atoms with van der Waals surface area (Å²) in [6.45, 7) is 9.83. The zero-order valence-electron chi connectivity index (χ0n) is 19.6. The van der Waals surface area contributed by atoms with Crippen LogP contribution in [-0.2, 0) is 25.5 Å². The van der Waals surface area contributed by atoms with Gasteiger partial charge in [0.25, 0.3) is 0 Å². The molecule has 1 aromatic rings. The van der Waals surface area contributed by atoms with Crippen molar-refractivity contribution in [2.24, 2.45) is 5.41 Å². The molecule has 0 radical (unpaired) electrons. The summed E-state index contributed by atoms with van der Waals surface area (Å²) >= 11 is 0. The van der Waals surface area contributed by atoms with E-state index in [1.54, 1.807) is 13.8 Å². The molecule has 0 aliphatic heterocycles. The molecule has 1 aromatic carbocycles. The highest BCUT2D eigenvalue weighted by Crippen LogP contribution is 2.16. The minimum absolute atomic E-state index is 0.0952. The maximum Gasteiger partial charge on any atom is 0.407 e. The quantitative estimate of drug-likeness (QED) is 0.408. The van der Waals surface area contributed by atoms with Crippen LogP contribution in [0.4, 0.5) is 4.79 Å². The van der Waals surface area contributed by atoms with Gasteiger partial charge < -0.3 is 26.0 Å². The molecule has 9 nitrogen and oxygen atoms in total. The van der Waals surface area contributed by atoms with Gasteiger partial charge in [-0.3, -0.25) is 14.4 Å². The maximum atomic E-state index is 12.6. The Balaban J connectivity index is 2.55. The molecule has 0 fully saturated rings. The first-order valence-electron chi connectivity index (χ1n) is 10.8. The fourth-order valence-electron chi connectivity index (χ4n) is 2.74. The van der Waals surface area contributed by atoms with E-state index in [2.05, 4.69) is 42.0 Å². The van der Waals surface area contributed by atoms with Crippen molar-refractivity contribution in [2.75, 3.05) is 19.7 Å². The minimum Gasteiger partial charge on any atom is -0.450 e. The lowest BCUT2D eigenvalue weighted by Crippen LogP contribution is -2.52. The van der Waals surface area contributed by atoms with Gasteiger partial charge >= 0.3 is 6.09 Å². The van der Waals surface area contributed by atoms with E-state index < -0.39 is 30.0 Å². The van der Waals surface area contributed by atoms with Crippen LogP contribution < -0.4 is 21.3 Å². The Hall–Kier alpha value is -3.10. The average molecular weight is 449 g/mol. The molecule has 0 bridgehead atoms. The number of nitrogens with one attached hydrogen (secondary N) is 4. The van der Waals surface area contributed by atoms with E-state index in [4.69, 9.17) is 4.74 Å². The van der Waals surface area contributed by atoms with Crippen molar-refractivity contribution < 1.29 is 23.9 Å². The van der Waals surface area contributed by atoms with Crippen LogP contribution in [-0.4, -0.2) is 55.6 Å². The van der Waals surface area contributed by atoms with Crippen LogP contribution in [0.1, 0.15) is 46.6 Å².